The zero-order chi connectivity index (χ0) is 28.7. The van der Waals surface area contributed by atoms with E-state index in [9.17, 15) is 24.3 Å². The summed E-state index contributed by atoms with van der Waals surface area (Å²) in [7, 11) is 0. The fraction of sp³-hybridized carbons (Fsp3) is 0.226. The molecular formula is C31H27NO8. The first-order chi connectivity index (χ1) is 19.2. The van der Waals surface area contributed by atoms with Gasteiger partial charge in [0.05, 0.1) is 18.8 Å². The number of ether oxygens (including phenoxy) is 3. The minimum absolute atomic E-state index is 0.00298. The van der Waals surface area contributed by atoms with E-state index in [0.717, 1.165) is 11.1 Å². The van der Waals surface area contributed by atoms with Gasteiger partial charge in [0, 0.05) is 27.9 Å². The van der Waals surface area contributed by atoms with Gasteiger partial charge >= 0.3 is 11.9 Å². The molecule has 1 aliphatic heterocycles. The zero-order valence-electron chi connectivity index (χ0n) is 22.4. The average Bonchev–Trinajstić information content (AvgIpc) is 2.93. The van der Waals surface area contributed by atoms with E-state index in [1.807, 2.05) is 32.0 Å². The summed E-state index contributed by atoms with van der Waals surface area (Å²) in [6.45, 7) is 6.97. The van der Waals surface area contributed by atoms with Gasteiger partial charge in [-0.15, -0.1) is 0 Å². The van der Waals surface area contributed by atoms with Crippen molar-refractivity contribution in [3.8, 4) is 11.5 Å². The van der Waals surface area contributed by atoms with E-state index in [1.165, 1.54) is 18.2 Å². The number of aromatic hydroxyl groups is 1. The van der Waals surface area contributed by atoms with E-state index in [4.69, 9.17) is 14.2 Å². The van der Waals surface area contributed by atoms with Crippen LogP contribution in [-0.2, 0) is 19.1 Å². The van der Waals surface area contributed by atoms with E-state index in [-0.39, 0.29) is 58.2 Å². The molecule has 0 fully saturated rings. The van der Waals surface area contributed by atoms with Crippen LogP contribution in [0, 0.1) is 13.8 Å². The Morgan fingerprint density at radius 1 is 0.900 bits per heavy atom. The molecule has 9 nitrogen and oxygen atoms in total. The van der Waals surface area contributed by atoms with Gasteiger partial charge in [0.25, 0.3) is 0 Å². The lowest BCUT2D eigenvalue weighted by Gasteiger charge is -2.31. The highest BCUT2D eigenvalue weighted by atomic mass is 16.5. The van der Waals surface area contributed by atoms with Crippen molar-refractivity contribution in [1.29, 1.82) is 0 Å². The lowest BCUT2D eigenvalue weighted by molar-refractivity contribution is -0.147. The lowest BCUT2D eigenvalue weighted by atomic mass is 9.79. The van der Waals surface area contributed by atoms with Crippen molar-refractivity contribution in [1.82, 2.24) is 0 Å². The molecule has 1 atom stereocenters. The molecule has 3 aromatic carbocycles. The minimum atomic E-state index is -1.43. The first-order valence-electron chi connectivity index (χ1n) is 12.9. The smallest absolute Gasteiger partial charge is 0.340 e. The molecule has 9 heteroatoms. The summed E-state index contributed by atoms with van der Waals surface area (Å²) in [5, 5.41) is 14.5. The van der Waals surface area contributed by atoms with Gasteiger partial charge in [-0.2, -0.15) is 0 Å². The van der Waals surface area contributed by atoms with Gasteiger partial charge in [-0.3, -0.25) is 14.4 Å². The summed E-state index contributed by atoms with van der Waals surface area (Å²) in [4.78, 5) is 53.7. The third-order valence-corrected chi connectivity index (χ3v) is 6.96. The minimum Gasteiger partial charge on any atom is -0.504 e. The van der Waals surface area contributed by atoms with Crippen LogP contribution in [0.1, 0.15) is 68.3 Å². The van der Waals surface area contributed by atoms with Crippen LogP contribution in [0.5, 0.6) is 11.5 Å². The molecule has 0 saturated carbocycles. The number of benzene rings is 3. The topological polar surface area (TPSA) is 128 Å². The molecule has 3 aromatic rings. The van der Waals surface area contributed by atoms with Gasteiger partial charge in [-0.25, -0.2) is 4.79 Å². The summed E-state index contributed by atoms with van der Waals surface area (Å²) in [6.07, 6.45) is 0. The molecule has 1 heterocycles. The molecule has 1 unspecified atom stereocenters. The van der Waals surface area contributed by atoms with Crippen LogP contribution < -0.4 is 10.1 Å². The number of rotatable bonds is 6. The Bertz CT molecular complexity index is 1610. The summed E-state index contributed by atoms with van der Waals surface area (Å²) in [6, 6.07) is 13.2. The number of anilines is 1. The van der Waals surface area contributed by atoms with Crippen molar-refractivity contribution in [2.45, 2.75) is 33.6 Å². The molecule has 2 aliphatic rings. The zero-order valence-corrected chi connectivity index (χ0v) is 22.4. The Balaban J connectivity index is 1.78. The van der Waals surface area contributed by atoms with Crippen LogP contribution in [0.15, 0.2) is 60.0 Å². The Morgan fingerprint density at radius 3 is 2.15 bits per heavy atom. The number of ketones is 2. The van der Waals surface area contributed by atoms with Crippen molar-refractivity contribution in [2.24, 2.45) is 0 Å². The van der Waals surface area contributed by atoms with E-state index in [2.05, 4.69) is 5.32 Å². The molecule has 2 N–H and O–H groups in total. The number of esters is 2. The van der Waals surface area contributed by atoms with Gasteiger partial charge in [0.15, 0.2) is 23.1 Å². The van der Waals surface area contributed by atoms with Crippen LogP contribution in [0.25, 0.3) is 0 Å². The molecule has 1 aliphatic carbocycles. The second-order valence-corrected chi connectivity index (χ2v) is 9.41. The quantitative estimate of drug-likeness (QED) is 0.334. The Kier molecular flexibility index (Phi) is 6.89. The lowest BCUT2D eigenvalue weighted by Crippen LogP contribution is -2.33. The molecule has 0 bridgehead atoms. The first-order valence-corrected chi connectivity index (χ1v) is 12.9. The van der Waals surface area contributed by atoms with Gasteiger partial charge in [-0.05, 0) is 44.9 Å². The predicted octanol–water partition coefficient (Wildman–Crippen LogP) is 4.71. The number of hydrogen-bond acceptors (Lipinski definition) is 9. The molecule has 0 spiro atoms. The molecule has 5 rings (SSSR count). The Labute approximate surface area is 230 Å². The summed E-state index contributed by atoms with van der Waals surface area (Å²) in [5.74, 6) is -5.16. The van der Waals surface area contributed by atoms with E-state index >= 15 is 0 Å². The number of phenolic OH excluding ortho intramolecular Hbond substituents is 1. The first kappa shape index (κ1) is 26.7. The molecular weight excluding hydrogens is 514 g/mol. The SMILES string of the molecule is CCOC(=O)C1=C(Nc2c(C)cccc2C)Oc2c(cc3c(c2O)C(=O)c2ccccc2C3=O)C1C(=O)OCC. The van der Waals surface area contributed by atoms with Crippen LogP contribution in [0.3, 0.4) is 0 Å². The van der Waals surface area contributed by atoms with Crippen LogP contribution in [0.4, 0.5) is 5.69 Å². The molecule has 0 amide bonds. The number of para-hydroxylation sites is 1. The molecule has 0 radical (unpaired) electrons. The molecule has 204 valence electrons. The second kappa shape index (κ2) is 10.3. The Hall–Kier alpha value is -4.92. The van der Waals surface area contributed by atoms with Crippen molar-refractivity contribution in [2.75, 3.05) is 18.5 Å². The van der Waals surface area contributed by atoms with Crippen LogP contribution in [-0.4, -0.2) is 41.8 Å². The van der Waals surface area contributed by atoms with Gasteiger partial charge in [-0.1, -0.05) is 42.5 Å². The highest BCUT2D eigenvalue weighted by Gasteiger charge is 2.45. The third kappa shape index (κ3) is 4.20. The highest BCUT2D eigenvalue weighted by Crippen LogP contribution is 2.49. The van der Waals surface area contributed by atoms with Crippen LogP contribution >= 0.6 is 0 Å². The largest absolute Gasteiger partial charge is 0.504 e. The number of hydrogen-bond donors (Lipinski definition) is 2. The van der Waals surface area contributed by atoms with Crippen molar-refractivity contribution in [3.05, 3.63) is 98.9 Å². The molecule has 0 aromatic heterocycles. The van der Waals surface area contributed by atoms with E-state index in [0.29, 0.717) is 5.69 Å². The van der Waals surface area contributed by atoms with Crippen molar-refractivity contribution < 1.29 is 38.5 Å². The van der Waals surface area contributed by atoms with Gasteiger partial charge in [0.1, 0.15) is 11.5 Å². The highest BCUT2D eigenvalue weighted by molar-refractivity contribution is 6.29. The number of aryl methyl sites for hydroxylation is 2. The maximum atomic E-state index is 13.5. The summed E-state index contributed by atoms with van der Waals surface area (Å²) < 4.78 is 16.7. The number of nitrogens with one attached hydrogen (secondary N) is 1. The van der Waals surface area contributed by atoms with Crippen LogP contribution in [0.2, 0.25) is 0 Å². The number of carbonyl (C=O) groups is 4. The van der Waals surface area contributed by atoms with Crippen molar-refractivity contribution >= 4 is 29.2 Å². The number of phenols is 1. The monoisotopic (exact) mass is 541 g/mol. The van der Waals surface area contributed by atoms with Crippen molar-refractivity contribution in [3.63, 3.8) is 0 Å². The molecule has 0 saturated heterocycles. The summed E-state index contributed by atoms with van der Waals surface area (Å²) in [5.41, 5.74) is 2.04. The number of carbonyl (C=O) groups excluding carboxylic acids is 4. The second-order valence-electron chi connectivity index (χ2n) is 9.41. The predicted molar refractivity (Wildman–Crippen MR) is 145 cm³/mol. The van der Waals surface area contributed by atoms with Gasteiger partial charge < -0.3 is 24.6 Å². The average molecular weight is 542 g/mol. The molecule has 40 heavy (non-hydrogen) atoms. The van der Waals surface area contributed by atoms with E-state index in [1.54, 1.807) is 26.0 Å². The van der Waals surface area contributed by atoms with Gasteiger partial charge in [0.2, 0.25) is 5.88 Å². The standard InChI is InChI=1S/C31H27NO8/c1-5-38-30(36)21-20-14-19-22(26(34)18-13-8-7-12-17(18)25(19)33)27(35)28(20)40-29(23(21)31(37)39-6-2)32-24-15(3)10-9-11-16(24)4/h7-14,21,32,35H,5-6H2,1-4H3. The maximum absolute atomic E-state index is 13.5. The number of fused-ring (bicyclic) bond motifs is 3. The Morgan fingerprint density at radius 2 is 1.52 bits per heavy atom. The fourth-order valence-corrected chi connectivity index (χ4v) is 5.11. The fourth-order valence-electron chi connectivity index (χ4n) is 5.11. The summed E-state index contributed by atoms with van der Waals surface area (Å²) >= 11 is 0. The van der Waals surface area contributed by atoms with E-state index < -0.39 is 35.2 Å². The normalized spacial score (nSPS) is 15.4. The third-order valence-electron chi connectivity index (χ3n) is 6.96. The maximum Gasteiger partial charge on any atom is 0.340 e.